The third kappa shape index (κ3) is 2.31. The fourth-order valence-electron chi connectivity index (χ4n) is 2.23. The molecule has 1 atom stereocenters. The van der Waals surface area contributed by atoms with E-state index in [2.05, 4.69) is 0 Å². The quantitative estimate of drug-likeness (QED) is 0.901. The standard InChI is InChI=1S/C15H17NO3/c1-10-5-8-19-15(10)14(16)11-3-4-12-13(9-11)18-7-2-6-17-12/h3-5,8-9,14H,2,6-7,16H2,1H3. The number of rotatable bonds is 2. The van der Waals surface area contributed by atoms with Crippen LogP contribution in [0.2, 0.25) is 0 Å². The van der Waals surface area contributed by atoms with Gasteiger partial charge < -0.3 is 19.6 Å². The van der Waals surface area contributed by atoms with E-state index in [0.717, 1.165) is 34.8 Å². The lowest BCUT2D eigenvalue weighted by molar-refractivity contribution is 0.297. The molecule has 1 aromatic carbocycles. The Morgan fingerprint density at radius 2 is 1.89 bits per heavy atom. The van der Waals surface area contributed by atoms with Gasteiger partial charge in [0.25, 0.3) is 0 Å². The number of aryl methyl sites for hydroxylation is 1. The smallest absolute Gasteiger partial charge is 0.161 e. The summed E-state index contributed by atoms with van der Waals surface area (Å²) in [4.78, 5) is 0. The lowest BCUT2D eigenvalue weighted by Crippen LogP contribution is -2.12. The minimum absolute atomic E-state index is 0.285. The van der Waals surface area contributed by atoms with Crippen molar-refractivity contribution < 1.29 is 13.9 Å². The highest BCUT2D eigenvalue weighted by molar-refractivity contribution is 5.45. The van der Waals surface area contributed by atoms with E-state index in [1.54, 1.807) is 6.26 Å². The summed E-state index contributed by atoms with van der Waals surface area (Å²) in [5.41, 5.74) is 8.26. The van der Waals surface area contributed by atoms with E-state index in [1.165, 1.54) is 0 Å². The van der Waals surface area contributed by atoms with E-state index in [9.17, 15) is 0 Å². The predicted octanol–water partition coefficient (Wildman–Crippen LogP) is 2.80. The number of hydrogen-bond acceptors (Lipinski definition) is 4. The number of benzene rings is 1. The molecule has 0 spiro atoms. The Morgan fingerprint density at radius 3 is 2.63 bits per heavy atom. The molecule has 19 heavy (non-hydrogen) atoms. The van der Waals surface area contributed by atoms with Crippen molar-refractivity contribution in [2.45, 2.75) is 19.4 Å². The van der Waals surface area contributed by atoms with Gasteiger partial charge in [0.1, 0.15) is 5.76 Å². The minimum atomic E-state index is -0.285. The predicted molar refractivity (Wildman–Crippen MR) is 71.5 cm³/mol. The summed E-state index contributed by atoms with van der Waals surface area (Å²) in [6.07, 6.45) is 2.56. The third-order valence-corrected chi connectivity index (χ3v) is 3.31. The van der Waals surface area contributed by atoms with Crippen LogP contribution < -0.4 is 15.2 Å². The Morgan fingerprint density at radius 1 is 1.11 bits per heavy atom. The van der Waals surface area contributed by atoms with Crippen molar-refractivity contribution in [3.8, 4) is 11.5 Å². The van der Waals surface area contributed by atoms with Gasteiger partial charge in [-0.1, -0.05) is 6.07 Å². The van der Waals surface area contributed by atoms with Crippen LogP contribution in [0.3, 0.4) is 0 Å². The van der Waals surface area contributed by atoms with E-state index >= 15 is 0 Å². The summed E-state index contributed by atoms with van der Waals surface area (Å²) in [5, 5.41) is 0. The van der Waals surface area contributed by atoms with Crippen molar-refractivity contribution in [2.75, 3.05) is 13.2 Å². The van der Waals surface area contributed by atoms with Gasteiger partial charge in [0.15, 0.2) is 11.5 Å². The molecule has 4 heteroatoms. The van der Waals surface area contributed by atoms with Crippen molar-refractivity contribution in [1.82, 2.24) is 0 Å². The molecule has 0 bridgehead atoms. The molecule has 0 fully saturated rings. The highest BCUT2D eigenvalue weighted by Crippen LogP contribution is 2.34. The molecule has 0 saturated carbocycles. The van der Waals surface area contributed by atoms with Gasteiger partial charge >= 0.3 is 0 Å². The molecule has 0 saturated heterocycles. The molecule has 2 heterocycles. The van der Waals surface area contributed by atoms with Gasteiger partial charge in [-0.05, 0) is 36.2 Å². The van der Waals surface area contributed by atoms with E-state index in [1.807, 2.05) is 31.2 Å². The summed E-state index contributed by atoms with van der Waals surface area (Å²) < 4.78 is 16.7. The first-order valence-electron chi connectivity index (χ1n) is 6.45. The van der Waals surface area contributed by atoms with E-state index in [4.69, 9.17) is 19.6 Å². The lowest BCUT2D eigenvalue weighted by atomic mass is 10.0. The van der Waals surface area contributed by atoms with Crippen molar-refractivity contribution in [2.24, 2.45) is 5.73 Å². The van der Waals surface area contributed by atoms with E-state index in [0.29, 0.717) is 13.2 Å². The largest absolute Gasteiger partial charge is 0.490 e. The molecule has 1 aliphatic rings. The molecule has 1 aliphatic heterocycles. The molecule has 100 valence electrons. The van der Waals surface area contributed by atoms with Crippen molar-refractivity contribution in [3.63, 3.8) is 0 Å². The van der Waals surface area contributed by atoms with Crippen molar-refractivity contribution in [1.29, 1.82) is 0 Å². The number of nitrogens with two attached hydrogens (primary N) is 1. The molecule has 0 aliphatic carbocycles. The van der Waals surface area contributed by atoms with Gasteiger partial charge in [-0.3, -0.25) is 0 Å². The molecule has 3 rings (SSSR count). The Labute approximate surface area is 112 Å². The van der Waals surface area contributed by atoms with Crippen LogP contribution in [-0.4, -0.2) is 13.2 Å². The average Bonchev–Trinajstić information content (AvgIpc) is 2.72. The van der Waals surface area contributed by atoms with Crippen LogP contribution in [-0.2, 0) is 0 Å². The van der Waals surface area contributed by atoms with E-state index < -0.39 is 0 Å². The number of fused-ring (bicyclic) bond motifs is 1. The second-order valence-electron chi connectivity index (χ2n) is 4.70. The Balaban J connectivity index is 1.93. The topological polar surface area (TPSA) is 57.6 Å². The summed E-state index contributed by atoms with van der Waals surface area (Å²) >= 11 is 0. The molecule has 0 amide bonds. The zero-order valence-corrected chi connectivity index (χ0v) is 10.9. The summed E-state index contributed by atoms with van der Waals surface area (Å²) in [5.74, 6) is 2.33. The fraction of sp³-hybridized carbons (Fsp3) is 0.333. The van der Waals surface area contributed by atoms with Crippen LogP contribution in [0.5, 0.6) is 11.5 Å². The maximum Gasteiger partial charge on any atom is 0.161 e. The normalized spacial score (nSPS) is 15.9. The second-order valence-corrected chi connectivity index (χ2v) is 4.70. The highest BCUT2D eigenvalue weighted by Gasteiger charge is 2.18. The zero-order valence-electron chi connectivity index (χ0n) is 10.9. The summed E-state index contributed by atoms with van der Waals surface area (Å²) in [6.45, 7) is 3.35. The lowest BCUT2D eigenvalue weighted by Gasteiger charge is -2.14. The zero-order chi connectivity index (χ0) is 13.2. The second kappa shape index (κ2) is 4.97. The first-order valence-corrected chi connectivity index (χ1v) is 6.45. The van der Waals surface area contributed by atoms with Crippen LogP contribution in [0, 0.1) is 6.92 Å². The summed E-state index contributed by atoms with van der Waals surface area (Å²) in [6, 6.07) is 7.44. The maximum atomic E-state index is 6.24. The van der Waals surface area contributed by atoms with Gasteiger partial charge in [0.05, 0.1) is 25.5 Å². The molecule has 0 radical (unpaired) electrons. The SMILES string of the molecule is Cc1ccoc1C(N)c1ccc2c(c1)OCCCO2. The monoisotopic (exact) mass is 259 g/mol. The van der Waals surface area contributed by atoms with Gasteiger partial charge in [-0.15, -0.1) is 0 Å². The Kier molecular flexibility index (Phi) is 3.17. The van der Waals surface area contributed by atoms with Gasteiger partial charge in [-0.2, -0.15) is 0 Å². The first-order chi connectivity index (χ1) is 9.25. The van der Waals surface area contributed by atoms with Gasteiger partial charge in [0, 0.05) is 6.42 Å². The Hall–Kier alpha value is -1.94. The van der Waals surface area contributed by atoms with Crippen LogP contribution in [0.25, 0.3) is 0 Å². The Bertz CT molecular complexity index is 577. The molecular weight excluding hydrogens is 242 g/mol. The molecule has 1 unspecified atom stereocenters. The van der Waals surface area contributed by atoms with Crippen molar-refractivity contribution >= 4 is 0 Å². The van der Waals surface area contributed by atoms with Crippen LogP contribution >= 0.6 is 0 Å². The average molecular weight is 259 g/mol. The molecule has 2 N–H and O–H groups in total. The van der Waals surface area contributed by atoms with Crippen molar-refractivity contribution in [3.05, 3.63) is 47.4 Å². The van der Waals surface area contributed by atoms with Gasteiger partial charge in [-0.25, -0.2) is 0 Å². The number of ether oxygens (including phenoxy) is 2. The molecule has 4 nitrogen and oxygen atoms in total. The van der Waals surface area contributed by atoms with E-state index in [-0.39, 0.29) is 6.04 Å². The van der Waals surface area contributed by atoms with Crippen LogP contribution in [0.1, 0.15) is 29.3 Å². The first kappa shape index (κ1) is 12.1. The molecule has 2 aromatic rings. The minimum Gasteiger partial charge on any atom is -0.490 e. The maximum absolute atomic E-state index is 6.24. The van der Waals surface area contributed by atoms with Crippen LogP contribution in [0.4, 0.5) is 0 Å². The van der Waals surface area contributed by atoms with Gasteiger partial charge in [0.2, 0.25) is 0 Å². The molecule has 1 aromatic heterocycles. The number of hydrogen-bond donors (Lipinski definition) is 1. The summed E-state index contributed by atoms with van der Waals surface area (Å²) in [7, 11) is 0. The highest BCUT2D eigenvalue weighted by atomic mass is 16.5. The number of furan rings is 1. The molecular formula is C15H17NO3. The fourth-order valence-corrected chi connectivity index (χ4v) is 2.23. The van der Waals surface area contributed by atoms with Crippen LogP contribution in [0.15, 0.2) is 34.9 Å². The third-order valence-electron chi connectivity index (χ3n) is 3.31.